The summed E-state index contributed by atoms with van der Waals surface area (Å²) < 4.78 is 52.9. The standard InChI is InChI=1S/C17H17ClF2N2O2S/c18-17-11-15(20)5-4-13(17)12-21-6-8-22(9-7-21)25(23,24)16-3-1-2-14(19)10-16/h1-5,10-11H,6-9,12H2. The van der Waals surface area contributed by atoms with Crippen LogP contribution in [0.25, 0.3) is 0 Å². The van der Waals surface area contributed by atoms with Crippen LogP contribution >= 0.6 is 11.6 Å². The van der Waals surface area contributed by atoms with Gasteiger partial charge in [0.1, 0.15) is 11.6 Å². The lowest BCUT2D eigenvalue weighted by atomic mass is 10.2. The summed E-state index contributed by atoms with van der Waals surface area (Å²) >= 11 is 6.04. The Morgan fingerprint density at radius 3 is 2.28 bits per heavy atom. The molecule has 0 saturated carbocycles. The molecule has 3 rings (SSSR count). The van der Waals surface area contributed by atoms with Gasteiger partial charge in [-0.1, -0.05) is 23.7 Å². The first kappa shape index (κ1) is 18.3. The third-order valence-corrected chi connectivity index (χ3v) is 6.42. The molecule has 2 aromatic rings. The molecule has 2 aromatic carbocycles. The Labute approximate surface area is 150 Å². The average molecular weight is 387 g/mol. The molecule has 1 fully saturated rings. The number of piperazine rings is 1. The summed E-state index contributed by atoms with van der Waals surface area (Å²) in [5, 5.41) is 0.356. The van der Waals surface area contributed by atoms with Crippen LogP contribution in [0, 0.1) is 11.6 Å². The quantitative estimate of drug-likeness (QED) is 0.810. The van der Waals surface area contributed by atoms with Crippen molar-refractivity contribution in [2.75, 3.05) is 26.2 Å². The lowest BCUT2D eigenvalue weighted by Crippen LogP contribution is -2.48. The summed E-state index contributed by atoms with van der Waals surface area (Å²) in [4.78, 5) is 2.01. The molecule has 0 amide bonds. The van der Waals surface area contributed by atoms with E-state index in [0.717, 1.165) is 11.6 Å². The van der Waals surface area contributed by atoms with Gasteiger partial charge in [0.05, 0.1) is 4.90 Å². The number of hydrogen-bond donors (Lipinski definition) is 0. The van der Waals surface area contributed by atoms with Crippen molar-refractivity contribution in [2.45, 2.75) is 11.4 Å². The number of sulfonamides is 1. The summed E-state index contributed by atoms with van der Waals surface area (Å²) in [6.07, 6.45) is 0. The molecule has 1 saturated heterocycles. The maximum Gasteiger partial charge on any atom is 0.243 e. The molecule has 0 aromatic heterocycles. The topological polar surface area (TPSA) is 40.6 Å². The molecule has 0 bridgehead atoms. The fraction of sp³-hybridized carbons (Fsp3) is 0.294. The van der Waals surface area contributed by atoms with E-state index < -0.39 is 15.8 Å². The number of rotatable bonds is 4. The molecule has 4 nitrogen and oxygen atoms in total. The molecule has 1 heterocycles. The van der Waals surface area contributed by atoms with Crippen molar-refractivity contribution in [3.8, 4) is 0 Å². The zero-order chi connectivity index (χ0) is 18.0. The smallest absolute Gasteiger partial charge is 0.243 e. The van der Waals surface area contributed by atoms with Crippen LogP contribution in [-0.2, 0) is 16.6 Å². The Hall–Kier alpha value is -1.54. The lowest BCUT2D eigenvalue weighted by Gasteiger charge is -2.34. The normalized spacial score (nSPS) is 16.9. The molecule has 0 N–H and O–H groups in total. The zero-order valence-corrected chi connectivity index (χ0v) is 14.9. The van der Waals surface area contributed by atoms with Crippen LogP contribution in [0.4, 0.5) is 8.78 Å². The second-order valence-corrected chi connectivity index (χ2v) is 8.22. The molecule has 0 unspecified atom stereocenters. The summed E-state index contributed by atoms with van der Waals surface area (Å²) in [5.74, 6) is -0.967. The van der Waals surface area contributed by atoms with Crippen molar-refractivity contribution >= 4 is 21.6 Å². The first-order valence-corrected chi connectivity index (χ1v) is 9.60. The molecular formula is C17H17ClF2N2O2S. The Kier molecular flexibility index (Phi) is 5.38. The molecule has 1 aliphatic rings. The minimum atomic E-state index is -3.70. The van der Waals surface area contributed by atoms with Gasteiger partial charge in [-0.2, -0.15) is 4.31 Å². The number of nitrogens with zero attached hydrogens (tertiary/aromatic N) is 2. The van der Waals surface area contributed by atoms with Gasteiger partial charge in [0.15, 0.2) is 0 Å². The van der Waals surface area contributed by atoms with E-state index in [1.165, 1.54) is 34.6 Å². The second kappa shape index (κ2) is 7.37. The van der Waals surface area contributed by atoms with E-state index in [2.05, 4.69) is 4.90 Å². The Morgan fingerprint density at radius 1 is 0.960 bits per heavy atom. The molecule has 0 atom stereocenters. The summed E-state index contributed by atoms with van der Waals surface area (Å²) in [6, 6.07) is 9.27. The van der Waals surface area contributed by atoms with Crippen molar-refractivity contribution in [3.05, 3.63) is 64.7 Å². The van der Waals surface area contributed by atoms with E-state index in [-0.39, 0.29) is 10.7 Å². The highest BCUT2D eigenvalue weighted by atomic mass is 35.5. The van der Waals surface area contributed by atoms with Crippen LogP contribution in [0.15, 0.2) is 47.4 Å². The summed E-state index contributed by atoms with van der Waals surface area (Å²) in [6.45, 7) is 2.16. The maximum atomic E-state index is 13.3. The van der Waals surface area contributed by atoms with Gasteiger partial charge in [-0.15, -0.1) is 0 Å². The predicted molar refractivity (Wildman–Crippen MR) is 91.8 cm³/mol. The number of hydrogen-bond acceptors (Lipinski definition) is 3. The van der Waals surface area contributed by atoms with Crippen LogP contribution in [0.3, 0.4) is 0 Å². The summed E-state index contributed by atoms with van der Waals surface area (Å²) in [5.41, 5.74) is 0.796. The van der Waals surface area contributed by atoms with Gasteiger partial charge in [0.2, 0.25) is 10.0 Å². The minimum Gasteiger partial charge on any atom is -0.296 e. The average Bonchev–Trinajstić information content (AvgIpc) is 2.58. The molecule has 0 spiro atoms. The lowest BCUT2D eigenvalue weighted by molar-refractivity contribution is 0.181. The zero-order valence-electron chi connectivity index (χ0n) is 13.3. The SMILES string of the molecule is O=S(=O)(c1cccc(F)c1)N1CCN(Cc2ccc(F)cc2Cl)CC1. The Morgan fingerprint density at radius 2 is 1.64 bits per heavy atom. The van der Waals surface area contributed by atoms with Crippen LogP contribution < -0.4 is 0 Å². The molecule has 8 heteroatoms. The highest BCUT2D eigenvalue weighted by Crippen LogP contribution is 2.22. The molecule has 0 aliphatic carbocycles. The van der Waals surface area contributed by atoms with Crippen molar-refractivity contribution in [3.63, 3.8) is 0 Å². The van der Waals surface area contributed by atoms with Gasteiger partial charge in [-0.25, -0.2) is 17.2 Å². The fourth-order valence-corrected chi connectivity index (χ4v) is 4.48. The van der Waals surface area contributed by atoms with Crippen LogP contribution in [0.5, 0.6) is 0 Å². The van der Waals surface area contributed by atoms with E-state index in [9.17, 15) is 17.2 Å². The molecule has 25 heavy (non-hydrogen) atoms. The van der Waals surface area contributed by atoms with Gasteiger partial charge < -0.3 is 0 Å². The van der Waals surface area contributed by atoms with E-state index >= 15 is 0 Å². The second-order valence-electron chi connectivity index (χ2n) is 5.87. The number of benzene rings is 2. The Bertz CT molecular complexity index is 869. The first-order valence-electron chi connectivity index (χ1n) is 7.78. The van der Waals surface area contributed by atoms with E-state index in [1.54, 1.807) is 6.07 Å². The third-order valence-electron chi connectivity index (χ3n) is 4.17. The largest absolute Gasteiger partial charge is 0.296 e. The molecule has 0 radical (unpaired) electrons. The van der Waals surface area contributed by atoms with E-state index in [1.807, 2.05) is 0 Å². The fourth-order valence-electron chi connectivity index (χ4n) is 2.80. The number of halogens is 3. The minimum absolute atomic E-state index is 0.0393. The molecular weight excluding hydrogens is 370 g/mol. The van der Waals surface area contributed by atoms with Crippen molar-refractivity contribution in [1.29, 1.82) is 0 Å². The highest BCUT2D eigenvalue weighted by Gasteiger charge is 2.28. The van der Waals surface area contributed by atoms with Gasteiger partial charge in [-0.05, 0) is 35.9 Å². The monoisotopic (exact) mass is 386 g/mol. The highest BCUT2D eigenvalue weighted by molar-refractivity contribution is 7.89. The van der Waals surface area contributed by atoms with Crippen molar-refractivity contribution in [1.82, 2.24) is 9.21 Å². The van der Waals surface area contributed by atoms with Gasteiger partial charge in [0, 0.05) is 37.7 Å². The first-order chi connectivity index (χ1) is 11.9. The molecule has 1 aliphatic heterocycles. The van der Waals surface area contributed by atoms with E-state index in [0.29, 0.717) is 37.7 Å². The third kappa shape index (κ3) is 4.17. The van der Waals surface area contributed by atoms with Crippen molar-refractivity contribution in [2.24, 2.45) is 0 Å². The predicted octanol–water partition coefficient (Wildman–Crippen LogP) is 3.12. The Balaban J connectivity index is 1.65. The maximum absolute atomic E-state index is 13.3. The van der Waals surface area contributed by atoms with Crippen LogP contribution in [-0.4, -0.2) is 43.8 Å². The van der Waals surface area contributed by atoms with Crippen molar-refractivity contribution < 1.29 is 17.2 Å². The molecule has 134 valence electrons. The van der Waals surface area contributed by atoms with Gasteiger partial charge >= 0.3 is 0 Å². The van der Waals surface area contributed by atoms with Crippen LogP contribution in [0.2, 0.25) is 5.02 Å². The summed E-state index contributed by atoms with van der Waals surface area (Å²) in [7, 11) is -3.70. The van der Waals surface area contributed by atoms with Gasteiger partial charge in [0.25, 0.3) is 0 Å². The van der Waals surface area contributed by atoms with Gasteiger partial charge in [-0.3, -0.25) is 4.90 Å². The van der Waals surface area contributed by atoms with E-state index in [4.69, 9.17) is 11.6 Å². The van der Waals surface area contributed by atoms with Crippen LogP contribution in [0.1, 0.15) is 5.56 Å².